The zero-order chi connectivity index (χ0) is 19.8. The molecule has 0 saturated heterocycles. The minimum atomic E-state index is -0.188. The van der Waals surface area contributed by atoms with Crippen molar-refractivity contribution in [1.82, 2.24) is 15.0 Å². The molecule has 1 aromatic carbocycles. The molecule has 1 N–H and O–H groups in total. The van der Waals surface area contributed by atoms with Crippen LogP contribution in [-0.4, -0.2) is 34.8 Å². The number of ether oxygens (including phenoxy) is 1. The Hall–Kier alpha value is -2.38. The van der Waals surface area contributed by atoms with Gasteiger partial charge in [-0.15, -0.1) is 0 Å². The number of rotatable bonds is 4. The number of fused-ring (bicyclic) bond motifs is 1. The molecule has 4 rings (SSSR count). The lowest BCUT2D eigenvalue weighted by molar-refractivity contribution is 0.0945. The zero-order valence-electron chi connectivity index (χ0n) is 15.4. The number of halogens is 2. The fraction of sp³-hybridized carbons (Fsp3) is 0.200. The van der Waals surface area contributed by atoms with Crippen molar-refractivity contribution in [2.45, 2.75) is 13.5 Å². The second-order valence-electron chi connectivity index (χ2n) is 6.42. The van der Waals surface area contributed by atoms with Crippen molar-refractivity contribution in [2.24, 2.45) is 4.99 Å². The van der Waals surface area contributed by atoms with E-state index >= 15 is 0 Å². The quantitative estimate of drug-likeness (QED) is 0.813. The van der Waals surface area contributed by atoms with E-state index in [4.69, 9.17) is 27.9 Å². The van der Waals surface area contributed by atoms with Crippen LogP contribution in [0, 0.1) is 0 Å². The number of carbonyl (C=O) groups excluding carboxylic acids is 1. The fourth-order valence-electron chi connectivity index (χ4n) is 3.37. The maximum atomic E-state index is 13.5. The second-order valence-corrected chi connectivity index (χ2v) is 7.23. The molecule has 2 aliphatic heterocycles. The van der Waals surface area contributed by atoms with Crippen LogP contribution in [0.3, 0.4) is 0 Å². The largest absolute Gasteiger partial charge is 0.378 e. The number of hydrogen-bond acceptors (Lipinski definition) is 5. The molecule has 1 aromatic heterocycles. The monoisotopic (exact) mass is 416 g/mol. The first-order valence-corrected chi connectivity index (χ1v) is 9.46. The van der Waals surface area contributed by atoms with Crippen molar-refractivity contribution in [1.29, 1.82) is 0 Å². The van der Waals surface area contributed by atoms with Crippen LogP contribution in [-0.2, 0) is 11.3 Å². The predicted molar refractivity (Wildman–Crippen MR) is 110 cm³/mol. The van der Waals surface area contributed by atoms with Crippen molar-refractivity contribution >= 4 is 40.5 Å². The number of aliphatic imine (C=N–C) groups is 1. The first-order valence-electron chi connectivity index (χ1n) is 8.70. The van der Waals surface area contributed by atoms with Gasteiger partial charge in [0.1, 0.15) is 5.82 Å². The lowest BCUT2D eigenvalue weighted by Crippen LogP contribution is -2.36. The van der Waals surface area contributed by atoms with E-state index in [2.05, 4.69) is 10.4 Å². The number of nitrogens with one attached hydrogen (secondary N) is 1. The minimum Gasteiger partial charge on any atom is -0.378 e. The summed E-state index contributed by atoms with van der Waals surface area (Å²) in [5.74, 6) is 0.562. The van der Waals surface area contributed by atoms with Crippen LogP contribution in [0.1, 0.15) is 23.0 Å². The Balaban J connectivity index is 1.91. The average Bonchev–Trinajstić information content (AvgIpc) is 3.32. The molecule has 3 heterocycles. The topological polar surface area (TPSA) is 58.9 Å². The van der Waals surface area contributed by atoms with Crippen LogP contribution < -0.4 is 5.43 Å². The van der Waals surface area contributed by atoms with Gasteiger partial charge in [0, 0.05) is 25.4 Å². The van der Waals surface area contributed by atoms with Gasteiger partial charge in [0.2, 0.25) is 0 Å². The highest BCUT2D eigenvalue weighted by Crippen LogP contribution is 2.36. The van der Waals surface area contributed by atoms with Gasteiger partial charge < -0.3 is 4.74 Å². The first-order chi connectivity index (χ1) is 13.5. The number of hydrogen-bond donors (Lipinski definition) is 1. The number of benzene rings is 1. The summed E-state index contributed by atoms with van der Waals surface area (Å²) in [6.07, 6.45) is 3.69. The highest BCUT2D eigenvalue weighted by molar-refractivity contribution is 6.42. The molecule has 0 amide bonds. The average molecular weight is 417 g/mol. The lowest BCUT2D eigenvalue weighted by atomic mass is 10.00. The molecule has 144 valence electrons. The van der Waals surface area contributed by atoms with Gasteiger partial charge in [-0.2, -0.15) is 0 Å². The number of nitrogens with zero attached hydrogens (tertiary/aromatic N) is 3. The SMILES string of the molecule is COCc1cccn1C(=O)C1=C(c2ccc(Cl)c(Cl)c2)N2NCC=C2N=C1C. The summed E-state index contributed by atoms with van der Waals surface area (Å²) in [5.41, 5.74) is 6.59. The molecule has 0 atom stereocenters. The molecule has 0 fully saturated rings. The van der Waals surface area contributed by atoms with E-state index in [1.807, 2.05) is 36.2 Å². The van der Waals surface area contributed by atoms with Gasteiger partial charge in [-0.1, -0.05) is 29.3 Å². The lowest BCUT2D eigenvalue weighted by Gasteiger charge is -2.30. The molecular weight excluding hydrogens is 399 g/mol. The van der Waals surface area contributed by atoms with E-state index in [1.165, 1.54) is 0 Å². The Labute approximate surface area is 172 Å². The molecule has 0 spiro atoms. The van der Waals surface area contributed by atoms with E-state index < -0.39 is 0 Å². The van der Waals surface area contributed by atoms with Crippen molar-refractivity contribution in [2.75, 3.05) is 13.7 Å². The van der Waals surface area contributed by atoms with E-state index in [0.717, 1.165) is 17.1 Å². The number of methoxy groups -OCH3 is 1. The van der Waals surface area contributed by atoms with Crippen LogP contribution in [0.25, 0.3) is 5.70 Å². The molecule has 0 unspecified atom stereocenters. The summed E-state index contributed by atoms with van der Waals surface area (Å²) >= 11 is 12.4. The molecule has 6 nitrogen and oxygen atoms in total. The Morgan fingerprint density at radius 1 is 1.29 bits per heavy atom. The molecule has 2 aromatic rings. The molecule has 0 aliphatic carbocycles. The number of allylic oxidation sites excluding steroid dienone is 1. The van der Waals surface area contributed by atoms with Crippen LogP contribution in [0.15, 0.2) is 59.0 Å². The normalized spacial score (nSPS) is 16.2. The number of aromatic nitrogens is 1. The molecule has 0 radical (unpaired) electrons. The number of hydrazine groups is 1. The van der Waals surface area contributed by atoms with E-state index in [-0.39, 0.29) is 5.91 Å². The Bertz CT molecular complexity index is 1050. The molecule has 8 heteroatoms. The summed E-state index contributed by atoms with van der Waals surface area (Å²) in [7, 11) is 1.60. The molecule has 0 bridgehead atoms. The van der Waals surface area contributed by atoms with Crippen molar-refractivity contribution in [3.8, 4) is 0 Å². The molecule has 2 aliphatic rings. The summed E-state index contributed by atoms with van der Waals surface area (Å²) < 4.78 is 6.80. The standard InChI is InChI=1S/C20H18Cl2N4O2/c1-12-18(20(27)25-9-3-4-14(25)11-28-2)19(26-17(24-12)7-8-23-26)13-5-6-15(21)16(22)10-13/h3-7,9-10,23H,8,11H2,1-2H3. The van der Waals surface area contributed by atoms with Crippen molar-refractivity contribution in [3.63, 3.8) is 0 Å². The van der Waals surface area contributed by atoms with Gasteiger partial charge in [-0.3, -0.25) is 14.4 Å². The van der Waals surface area contributed by atoms with Gasteiger partial charge >= 0.3 is 0 Å². The summed E-state index contributed by atoms with van der Waals surface area (Å²) in [6, 6.07) is 9.00. The van der Waals surface area contributed by atoms with Gasteiger partial charge in [0.15, 0.2) is 0 Å². The second kappa shape index (κ2) is 7.56. The van der Waals surface area contributed by atoms with Crippen molar-refractivity contribution in [3.05, 3.63) is 75.3 Å². The third kappa shape index (κ3) is 3.18. The van der Waals surface area contributed by atoms with Crippen molar-refractivity contribution < 1.29 is 9.53 Å². The van der Waals surface area contributed by atoms with Crippen LogP contribution in [0.4, 0.5) is 0 Å². The maximum Gasteiger partial charge on any atom is 0.266 e. The van der Waals surface area contributed by atoms with Crippen LogP contribution in [0.5, 0.6) is 0 Å². The third-order valence-corrected chi connectivity index (χ3v) is 5.36. The van der Waals surface area contributed by atoms with Gasteiger partial charge in [-0.05, 0) is 37.3 Å². The fourth-order valence-corrected chi connectivity index (χ4v) is 3.67. The van der Waals surface area contributed by atoms with Crippen LogP contribution in [0.2, 0.25) is 10.0 Å². The summed E-state index contributed by atoms with van der Waals surface area (Å²) in [5, 5.41) is 2.70. The minimum absolute atomic E-state index is 0.188. The maximum absolute atomic E-state index is 13.5. The predicted octanol–water partition coefficient (Wildman–Crippen LogP) is 4.13. The van der Waals surface area contributed by atoms with E-state index in [9.17, 15) is 4.79 Å². The Morgan fingerprint density at radius 3 is 2.86 bits per heavy atom. The number of carbonyl (C=O) groups is 1. The summed E-state index contributed by atoms with van der Waals surface area (Å²) in [6.45, 7) is 2.79. The van der Waals surface area contributed by atoms with E-state index in [0.29, 0.717) is 40.2 Å². The van der Waals surface area contributed by atoms with E-state index in [1.54, 1.807) is 30.0 Å². The molecule has 28 heavy (non-hydrogen) atoms. The summed E-state index contributed by atoms with van der Waals surface area (Å²) in [4.78, 5) is 18.1. The molecular formula is C20H18Cl2N4O2. The van der Waals surface area contributed by atoms with Crippen LogP contribution >= 0.6 is 23.2 Å². The van der Waals surface area contributed by atoms with Gasteiger partial charge in [0.25, 0.3) is 5.91 Å². The third-order valence-electron chi connectivity index (χ3n) is 4.62. The van der Waals surface area contributed by atoms with Gasteiger partial charge in [-0.25, -0.2) is 10.4 Å². The highest BCUT2D eigenvalue weighted by Gasteiger charge is 2.33. The first kappa shape index (κ1) is 19.0. The Morgan fingerprint density at radius 2 is 2.11 bits per heavy atom. The zero-order valence-corrected chi connectivity index (χ0v) is 16.9. The smallest absolute Gasteiger partial charge is 0.266 e. The Kier molecular flexibility index (Phi) is 5.12. The highest BCUT2D eigenvalue weighted by atomic mass is 35.5. The van der Waals surface area contributed by atoms with Gasteiger partial charge in [0.05, 0.1) is 39.3 Å². The molecule has 0 saturated carbocycles.